The monoisotopic (exact) mass is 239 g/mol. The first-order valence-corrected chi connectivity index (χ1v) is 6.82. The number of carbonyl (C=O) groups is 1. The predicted molar refractivity (Wildman–Crippen MR) is 71.6 cm³/mol. The predicted octanol–water partition coefficient (Wildman–Crippen LogP) is 3.41. The number of carbonyl (C=O) groups excluding carboxylic acids is 1. The average molecular weight is 239 g/mol. The first kappa shape index (κ1) is 10.4. The molecule has 1 aromatic heterocycles. The first-order chi connectivity index (χ1) is 8.74. The number of Topliss-reactive ketones (excluding diaryl/α,β-unsaturated/α-hetero) is 1. The first-order valence-electron chi connectivity index (χ1n) is 6.82. The lowest BCUT2D eigenvalue weighted by Gasteiger charge is -2.09. The van der Waals surface area contributed by atoms with Crippen LogP contribution in [-0.4, -0.2) is 10.4 Å². The van der Waals surface area contributed by atoms with Gasteiger partial charge in [-0.05, 0) is 37.2 Å². The topological polar surface area (TPSA) is 22.0 Å². The van der Waals surface area contributed by atoms with Crippen LogP contribution < -0.4 is 0 Å². The minimum absolute atomic E-state index is 0.291. The van der Waals surface area contributed by atoms with Crippen LogP contribution >= 0.6 is 0 Å². The van der Waals surface area contributed by atoms with E-state index in [2.05, 4.69) is 16.7 Å². The van der Waals surface area contributed by atoms with Gasteiger partial charge in [0.15, 0.2) is 5.78 Å². The van der Waals surface area contributed by atoms with Gasteiger partial charge in [-0.2, -0.15) is 0 Å². The van der Waals surface area contributed by atoms with Gasteiger partial charge in [-0.1, -0.05) is 18.2 Å². The molecule has 4 rings (SSSR count). The highest BCUT2D eigenvalue weighted by Gasteiger charge is 2.48. The summed E-state index contributed by atoms with van der Waals surface area (Å²) >= 11 is 0. The maximum absolute atomic E-state index is 12.6. The van der Waals surface area contributed by atoms with Crippen molar-refractivity contribution in [3.63, 3.8) is 0 Å². The van der Waals surface area contributed by atoms with E-state index >= 15 is 0 Å². The molecule has 0 saturated heterocycles. The highest BCUT2D eigenvalue weighted by atomic mass is 16.1. The molecule has 18 heavy (non-hydrogen) atoms. The molecule has 1 heterocycles. The van der Waals surface area contributed by atoms with E-state index in [0.29, 0.717) is 11.7 Å². The van der Waals surface area contributed by atoms with E-state index in [9.17, 15) is 4.79 Å². The van der Waals surface area contributed by atoms with Gasteiger partial charge in [0, 0.05) is 35.6 Å². The van der Waals surface area contributed by atoms with Crippen LogP contribution in [0.1, 0.15) is 29.6 Å². The quantitative estimate of drug-likeness (QED) is 0.736. The molecule has 2 unspecified atom stereocenters. The van der Waals surface area contributed by atoms with E-state index in [4.69, 9.17) is 0 Å². The SMILES string of the molecule is Cn1cc(C(=O)C2CC3CC3C2)c2ccccc21. The molecule has 0 spiro atoms. The molecule has 1 aromatic carbocycles. The minimum atomic E-state index is 0.291. The van der Waals surface area contributed by atoms with Crippen LogP contribution in [0.25, 0.3) is 10.9 Å². The summed E-state index contributed by atoms with van der Waals surface area (Å²) in [6, 6.07) is 8.20. The van der Waals surface area contributed by atoms with Crippen LogP contribution in [0.2, 0.25) is 0 Å². The van der Waals surface area contributed by atoms with Crippen molar-refractivity contribution in [1.82, 2.24) is 4.57 Å². The number of fused-ring (bicyclic) bond motifs is 2. The van der Waals surface area contributed by atoms with Gasteiger partial charge in [-0.15, -0.1) is 0 Å². The van der Waals surface area contributed by atoms with Crippen molar-refractivity contribution >= 4 is 16.7 Å². The van der Waals surface area contributed by atoms with Crippen LogP contribution in [0.3, 0.4) is 0 Å². The van der Waals surface area contributed by atoms with Crippen molar-refractivity contribution in [3.05, 3.63) is 36.0 Å². The molecule has 2 atom stereocenters. The number of hydrogen-bond donors (Lipinski definition) is 0. The number of benzene rings is 1. The molecule has 2 nitrogen and oxygen atoms in total. The summed E-state index contributed by atoms with van der Waals surface area (Å²) in [6.07, 6.45) is 5.65. The Balaban J connectivity index is 1.75. The van der Waals surface area contributed by atoms with Gasteiger partial charge >= 0.3 is 0 Å². The van der Waals surface area contributed by atoms with Crippen molar-refractivity contribution in [3.8, 4) is 0 Å². The van der Waals surface area contributed by atoms with Gasteiger partial charge < -0.3 is 4.57 Å². The summed E-state index contributed by atoms with van der Waals surface area (Å²) in [5.74, 6) is 2.40. The summed E-state index contributed by atoms with van der Waals surface area (Å²) in [7, 11) is 2.02. The fourth-order valence-electron chi connectivity index (χ4n) is 3.69. The molecule has 2 fully saturated rings. The summed E-state index contributed by atoms with van der Waals surface area (Å²) in [4.78, 5) is 12.6. The number of rotatable bonds is 2. The standard InChI is InChI=1S/C16H17NO/c1-17-9-14(13-4-2-3-5-15(13)17)16(18)12-7-10-6-11(10)8-12/h2-5,9-12H,6-8H2,1H3. The summed E-state index contributed by atoms with van der Waals surface area (Å²) in [6.45, 7) is 0. The van der Waals surface area contributed by atoms with E-state index in [1.165, 1.54) is 6.42 Å². The largest absolute Gasteiger partial charge is 0.350 e. The Hall–Kier alpha value is -1.57. The summed E-state index contributed by atoms with van der Waals surface area (Å²) < 4.78 is 2.07. The Labute approximate surface area is 107 Å². The molecule has 2 heteroatoms. The third-order valence-electron chi connectivity index (χ3n) is 4.78. The molecule has 2 aromatic rings. The molecule has 0 bridgehead atoms. The third kappa shape index (κ3) is 1.38. The Bertz CT molecular complexity index is 630. The van der Waals surface area contributed by atoms with Gasteiger partial charge in [-0.25, -0.2) is 0 Å². The molecule has 2 aliphatic carbocycles. The highest BCUT2D eigenvalue weighted by molar-refractivity contribution is 6.09. The fourth-order valence-corrected chi connectivity index (χ4v) is 3.69. The van der Waals surface area contributed by atoms with Crippen LogP contribution in [-0.2, 0) is 7.05 Å². The lowest BCUT2D eigenvalue weighted by molar-refractivity contribution is 0.0916. The van der Waals surface area contributed by atoms with Crippen molar-refractivity contribution in [2.75, 3.05) is 0 Å². The maximum atomic E-state index is 12.6. The second-order valence-corrected chi connectivity index (χ2v) is 5.96. The zero-order chi connectivity index (χ0) is 12.3. The number of hydrogen-bond acceptors (Lipinski definition) is 1. The Morgan fingerprint density at radius 3 is 2.67 bits per heavy atom. The van der Waals surface area contributed by atoms with E-state index in [1.54, 1.807) is 0 Å². The number of ketones is 1. The van der Waals surface area contributed by atoms with Gasteiger partial charge in [-0.3, -0.25) is 4.79 Å². The lowest BCUT2D eigenvalue weighted by atomic mass is 9.93. The number of aryl methyl sites for hydroxylation is 1. The maximum Gasteiger partial charge on any atom is 0.168 e. The van der Waals surface area contributed by atoms with E-state index in [0.717, 1.165) is 41.1 Å². The van der Waals surface area contributed by atoms with Gasteiger partial charge in [0.05, 0.1) is 0 Å². The van der Waals surface area contributed by atoms with E-state index in [-0.39, 0.29) is 0 Å². The summed E-state index contributed by atoms with van der Waals surface area (Å²) in [5.41, 5.74) is 2.09. The zero-order valence-electron chi connectivity index (χ0n) is 10.6. The Kier molecular flexibility index (Phi) is 2.00. The van der Waals surface area contributed by atoms with Crippen molar-refractivity contribution in [2.24, 2.45) is 24.8 Å². The minimum Gasteiger partial charge on any atom is -0.350 e. The number of para-hydroxylation sites is 1. The van der Waals surface area contributed by atoms with Crippen LogP contribution in [0, 0.1) is 17.8 Å². The summed E-state index contributed by atoms with van der Waals surface area (Å²) in [5, 5.41) is 1.12. The molecule has 92 valence electrons. The molecule has 0 aliphatic heterocycles. The van der Waals surface area contributed by atoms with Crippen molar-refractivity contribution in [1.29, 1.82) is 0 Å². The second kappa shape index (κ2) is 3.47. The van der Waals surface area contributed by atoms with Gasteiger partial charge in [0.1, 0.15) is 0 Å². The second-order valence-electron chi connectivity index (χ2n) is 5.96. The number of nitrogens with zero attached hydrogens (tertiary/aromatic N) is 1. The Morgan fingerprint density at radius 2 is 1.89 bits per heavy atom. The van der Waals surface area contributed by atoms with Gasteiger partial charge in [0.2, 0.25) is 0 Å². The molecule has 0 N–H and O–H groups in total. The van der Waals surface area contributed by atoms with Crippen molar-refractivity contribution < 1.29 is 4.79 Å². The third-order valence-corrected chi connectivity index (χ3v) is 4.78. The Morgan fingerprint density at radius 1 is 1.17 bits per heavy atom. The molecule has 0 amide bonds. The zero-order valence-corrected chi connectivity index (χ0v) is 10.6. The molecular weight excluding hydrogens is 222 g/mol. The molecule has 2 aliphatic rings. The van der Waals surface area contributed by atoms with Crippen LogP contribution in [0.4, 0.5) is 0 Å². The highest BCUT2D eigenvalue weighted by Crippen LogP contribution is 2.55. The number of aromatic nitrogens is 1. The normalized spacial score (nSPS) is 29.5. The van der Waals surface area contributed by atoms with Crippen LogP contribution in [0.5, 0.6) is 0 Å². The van der Waals surface area contributed by atoms with E-state index in [1.807, 2.05) is 25.4 Å². The smallest absolute Gasteiger partial charge is 0.168 e. The molecular formula is C16H17NO. The fraction of sp³-hybridized carbons (Fsp3) is 0.438. The molecule has 0 radical (unpaired) electrons. The lowest BCUT2D eigenvalue weighted by Crippen LogP contribution is -2.12. The van der Waals surface area contributed by atoms with E-state index < -0.39 is 0 Å². The van der Waals surface area contributed by atoms with Crippen molar-refractivity contribution in [2.45, 2.75) is 19.3 Å². The van der Waals surface area contributed by atoms with Crippen LogP contribution in [0.15, 0.2) is 30.5 Å². The molecule has 2 saturated carbocycles. The average Bonchev–Trinajstić information content (AvgIpc) is 2.86. The van der Waals surface area contributed by atoms with Gasteiger partial charge in [0.25, 0.3) is 0 Å².